The van der Waals surface area contributed by atoms with E-state index in [2.05, 4.69) is 15.3 Å². The predicted octanol–water partition coefficient (Wildman–Crippen LogP) is 4.19. The van der Waals surface area contributed by atoms with E-state index in [1.54, 1.807) is 21.7 Å². The lowest BCUT2D eigenvalue weighted by Crippen LogP contribution is -2.54. The number of nitrogen functional groups attached to an aromatic ring is 1. The summed E-state index contributed by atoms with van der Waals surface area (Å²) in [6.45, 7) is 0.267. The van der Waals surface area contributed by atoms with E-state index in [1.165, 1.54) is 18.5 Å². The molecule has 15 heteroatoms. The molecule has 5 heterocycles. The minimum Gasteiger partial charge on any atom is -0.457 e. The van der Waals surface area contributed by atoms with Crippen LogP contribution in [0.4, 0.5) is 14.6 Å². The highest BCUT2D eigenvalue weighted by atomic mass is 19.1. The summed E-state index contributed by atoms with van der Waals surface area (Å²) in [7, 11) is 0. The number of nitrogens with one attached hydrogen (secondary N) is 1. The van der Waals surface area contributed by atoms with Crippen molar-refractivity contribution in [3.8, 4) is 22.8 Å². The molecule has 0 radical (unpaired) electrons. The van der Waals surface area contributed by atoms with E-state index in [0.29, 0.717) is 51.7 Å². The number of piperidine rings is 2. The lowest BCUT2D eigenvalue weighted by atomic mass is 10.0. The maximum atomic E-state index is 16.1. The quantitative estimate of drug-likeness (QED) is 0.236. The molecule has 2 aromatic heterocycles. The van der Waals surface area contributed by atoms with Crippen molar-refractivity contribution in [2.24, 2.45) is 0 Å². The number of aromatic nitrogens is 4. The summed E-state index contributed by atoms with van der Waals surface area (Å²) in [5, 5.41) is 7.41. The first kappa shape index (κ1) is 32.1. The second kappa shape index (κ2) is 12.7. The highest BCUT2D eigenvalue weighted by molar-refractivity contribution is 6.23. The van der Waals surface area contributed by atoms with Gasteiger partial charge in [-0.1, -0.05) is 24.3 Å². The number of nitrogens with two attached hydrogens (primary N) is 1. The molecule has 51 heavy (non-hydrogen) atoms. The third kappa shape index (κ3) is 5.64. The third-order valence-electron chi connectivity index (χ3n) is 9.55. The van der Waals surface area contributed by atoms with E-state index in [9.17, 15) is 19.2 Å². The lowest BCUT2D eigenvalue weighted by molar-refractivity contribution is -0.136. The maximum absolute atomic E-state index is 16.1. The fourth-order valence-corrected chi connectivity index (χ4v) is 7.03. The Morgan fingerprint density at radius 3 is 2.43 bits per heavy atom. The first-order chi connectivity index (χ1) is 24.7. The van der Waals surface area contributed by atoms with Gasteiger partial charge >= 0.3 is 0 Å². The van der Waals surface area contributed by atoms with Gasteiger partial charge in [0.1, 0.15) is 47.4 Å². The molecular formula is C36H30F2N8O5. The number of halogens is 2. The minimum absolute atomic E-state index is 0.0240. The number of alkyl halides is 1. The van der Waals surface area contributed by atoms with Gasteiger partial charge in [0.2, 0.25) is 11.8 Å². The fourth-order valence-electron chi connectivity index (χ4n) is 7.03. The van der Waals surface area contributed by atoms with Crippen LogP contribution < -0.4 is 15.8 Å². The Hall–Kier alpha value is -6.09. The molecule has 3 aliphatic rings. The summed E-state index contributed by atoms with van der Waals surface area (Å²) in [6.07, 6.45) is 0.0857. The number of para-hydroxylation sites is 1. The van der Waals surface area contributed by atoms with Crippen LogP contribution in [0.25, 0.3) is 22.3 Å². The van der Waals surface area contributed by atoms with Crippen molar-refractivity contribution in [1.29, 1.82) is 0 Å². The second-order valence-electron chi connectivity index (χ2n) is 12.7. The summed E-state index contributed by atoms with van der Waals surface area (Å²) in [5.74, 6) is -2.40. The Morgan fingerprint density at radius 2 is 1.69 bits per heavy atom. The van der Waals surface area contributed by atoms with Crippen molar-refractivity contribution in [2.75, 3.05) is 18.8 Å². The Bertz CT molecular complexity index is 2230. The topological polar surface area (TPSA) is 166 Å². The summed E-state index contributed by atoms with van der Waals surface area (Å²) in [5.41, 5.74) is 7.41. The van der Waals surface area contributed by atoms with Crippen LogP contribution in [0.2, 0.25) is 0 Å². The van der Waals surface area contributed by atoms with E-state index in [1.807, 2.05) is 42.5 Å². The van der Waals surface area contributed by atoms with Gasteiger partial charge in [-0.25, -0.2) is 23.4 Å². The number of carbonyl (C=O) groups excluding carboxylic acids is 4. The van der Waals surface area contributed by atoms with Crippen LogP contribution in [-0.4, -0.2) is 78.5 Å². The van der Waals surface area contributed by atoms with Crippen LogP contribution in [0.15, 0.2) is 73.1 Å². The molecular weight excluding hydrogens is 662 g/mol. The van der Waals surface area contributed by atoms with Crippen molar-refractivity contribution < 1.29 is 32.7 Å². The lowest BCUT2D eigenvalue weighted by Gasteiger charge is -2.35. The van der Waals surface area contributed by atoms with E-state index < -0.39 is 53.3 Å². The number of imide groups is 2. The molecule has 13 nitrogen and oxygen atoms in total. The van der Waals surface area contributed by atoms with Gasteiger partial charge < -0.3 is 10.5 Å². The molecule has 0 bridgehead atoms. The van der Waals surface area contributed by atoms with Crippen molar-refractivity contribution in [2.45, 2.75) is 44.1 Å². The van der Waals surface area contributed by atoms with Crippen LogP contribution in [0.3, 0.4) is 0 Å². The average molecular weight is 693 g/mol. The standard InChI is InChI=1S/C36H30F2N8O5/c37-24-17-44(16-20-8-11-23-28(30(20)38)36(50)45(35(23)49)26-12-13-27(47)42-34(26)48)15-14-25(24)46-33-29(32(39)40-18-41-33)31(43-46)19-6-9-22(10-7-19)51-21-4-2-1-3-5-21/h1-11,18,24-26H,12-17H2,(H2,39,40,41)(H,42,47,48)/t24-,25-,26?/m1/s1. The smallest absolute Gasteiger partial charge is 0.265 e. The number of hydrogen-bond acceptors (Lipinski definition) is 10. The molecule has 1 unspecified atom stereocenters. The number of anilines is 1. The van der Waals surface area contributed by atoms with Gasteiger partial charge in [-0.05, 0) is 55.3 Å². The van der Waals surface area contributed by atoms with Gasteiger partial charge in [0.15, 0.2) is 5.65 Å². The van der Waals surface area contributed by atoms with E-state index in [-0.39, 0.29) is 42.9 Å². The number of rotatable bonds is 7. The molecule has 8 rings (SSSR count). The van der Waals surface area contributed by atoms with E-state index in [4.69, 9.17) is 15.6 Å². The Kier molecular flexibility index (Phi) is 7.98. The van der Waals surface area contributed by atoms with Crippen LogP contribution in [0, 0.1) is 5.82 Å². The monoisotopic (exact) mass is 692 g/mol. The number of benzene rings is 3. The number of fused-ring (bicyclic) bond motifs is 2. The molecule has 3 atom stereocenters. The number of likely N-dealkylation sites (tertiary alicyclic amines) is 1. The molecule has 2 saturated heterocycles. The molecule has 3 N–H and O–H groups in total. The zero-order valence-electron chi connectivity index (χ0n) is 27.0. The number of nitrogens with zero attached hydrogens (tertiary/aromatic N) is 6. The summed E-state index contributed by atoms with van der Waals surface area (Å²) >= 11 is 0. The molecule has 258 valence electrons. The number of amides is 4. The molecule has 0 spiro atoms. The summed E-state index contributed by atoms with van der Waals surface area (Å²) in [6, 6.07) is 17.5. The van der Waals surface area contributed by atoms with Crippen LogP contribution in [0.5, 0.6) is 11.5 Å². The van der Waals surface area contributed by atoms with Crippen molar-refractivity contribution in [3.05, 3.63) is 95.6 Å². The van der Waals surface area contributed by atoms with E-state index in [0.717, 1.165) is 0 Å². The molecule has 0 aliphatic carbocycles. The number of hydrogen-bond donors (Lipinski definition) is 2. The van der Waals surface area contributed by atoms with Gasteiger partial charge in [0, 0.05) is 37.2 Å². The molecule has 3 aromatic carbocycles. The third-order valence-corrected chi connectivity index (χ3v) is 9.55. The average Bonchev–Trinajstić information content (AvgIpc) is 3.62. The highest BCUT2D eigenvalue weighted by Crippen LogP contribution is 2.37. The van der Waals surface area contributed by atoms with Crippen molar-refractivity contribution in [1.82, 2.24) is 34.9 Å². The number of carbonyl (C=O) groups is 4. The van der Waals surface area contributed by atoms with Gasteiger partial charge in [-0.15, -0.1) is 0 Å². The maximum Gasteiger partial charge on any atom is 0.265 e. The normalized spacial score (nSPS) is 20.9. The molecule has 0 saturated carbocycles. The van der Waals surface area contributed by atoms with Crippen molar-refractivity contribution in [3.63, 3.8) is 0 Å². The van der Waals surface area contributed by atoms with Crippen LogP contribution in [-0.2, 0) is 16.1 Å². The summed E-state index contributed by atoms with van der Waals surface area (Å²) in [4.78, 5) is 61.3. The zero-order chi connectivity index (χ0) is 35.4. The highest BCUT2D eigenvalue weighted by Gasteiger charge is 2.46. The van der Waals surface area contributed by atoms with Gasteiger partial charge in [0.25, 0.3) is 11.8 Å². The molecule has 4 amide bonds. The van der Waals surface area contributed by atoms with Crippen LogP contribution >= 0.6 is 0 Å². The molecule has 3 aliphatic heterocycles. The minimum atomic E-state index is -1.43. The summed E-state index contributed by atoms with van der Waals surface area (Å²) < 4.78 is 39.4. The zero-order valence-corrected chi connectivity index (χ0v) is 27.0. The van der Waals surface area contributed by atoms with Gasteiger partial charge in [0.05, 0.1) is 22.6 Å². The Balaban J connectivity index is 1.00. The van der Waals surface area contributed by atoms with E-state index >= 15 is 8.78 Å². The first-order valence-electron chi connectivity index (χ1n) is 16.4. The molecule has 5 aromatic rings. The van der Waals surface area contributed by atoms with Crippen molar-refractivity contribution >= 4 is 40.5 Å². The van der Waals surface area contributed by atoms with Gasteiger partial charge in [-0.2, -0.15) is 5.10 Å². The Morgan fingerprint density at radius 1 is 0.922 bits per heavy atom. The SMILES string of the molecule is Nc1ncnc2c1c(-c1ccc(Oc3ccccc3)cc1)nn2[C@@H]1CCN(Cc2ccc3c(c2F)C(=O)N(C2CCC(=O)NC2=O)C3=O)C[C@H]1F. The largest absolute Gasteiger partial charge is 0.457 e. The second-order valence-corrected chi connectivity index (χ2v) is 12.7. The number of ether oxygens (including phenoxy) is 1. The van der Waals surface area contributed by atoms with Crippen LogP contribution in [0.1, 0.15) is 51.6 Å². The fraction of sp³-hybridized carbons (Fsp3) is 0.250. The Labute approximate surface area is 289 Å². The molecule has 2 fully saturated rings. The predicted molar refractivity (Wildman–Crippen MR) is 179 cm³/mol. The first-order valence-corrected chi connectivity index (χ1v) is 16.4. The van der Waals surface area contributed by atoms with Gasteiger partial charge in [-0.3, -0.25) is 34.3 Å².